The van der Waals surface area contributed by atoms with E-state index in [9.17, 15) is 4.79 Å². The van der Waals surface area contributed by atoms with Gasteiger partial charge in [-0.05, 0) is 48.2 Å². The number of ether oxygens (including phenoxy) is 2. The number of benzene rings is 3. The number of hydrogen-bond donors (Lipinski definition) is 1. The van der Waals surface area contributed by atoms with Crippen LogP contribution < -0.4 is 14.8 Å². The van der Waals surface area contributed by atoms with E-state index in [1.807, 2.05) is 73.7 Å². The van der Waals surface area contributed by atoms with Gasteiger partial charge in [0.05, 0.1) is 6.61 Å². The van der Waals surface area contributed by atoms with Crippen molar-refractivity contribution in [3.05, 3.63) is 78.9 Å². The molecule has 0 saturated carbocycles. The predicted octanol–water partition coefficient (Wildman–Crippen LogP) is 7.50. The monoisotopic (exact) mass is 445 g/mol. The van der Waals surface area contributed by atoms with Gasteiger partial charge in [0.2, 0.25) is 0 Å². The minimum absolute atomic E-state index is 0.165. The molecular formula is C29H35NO3. The molecule has 4 nitrogen and oxygen atoms in total. The Hall–Kier alpha value is -3.27. The van der Waals surface area contributed by atoms with Crippen LogP contribution in [-0.4, -0.2) is 18.6 Å². The van der Waals surface area contributed by atoms with E-state index in [0.29, 0.717) is 24.5 Å². The molecule has 0 spiro atoms. The Labute approximate surface area is 197 Å². The molecule has 3 aromatic carbocycles. The van der Waals surface area contributed by atoms with E-state index in [1.165, 1.54) is 25.7 Å². The molecule has 4 heteroatoms. The zero-order valence-corrected chi connectivity index (χ0v) is 19.8. The van der Waals surface area contributed by atoms with E-state index in [-0.39, 0.29) is 5.91 Å². The van der Waals surface area contributed by atoms with Crippen LogP contribution in [0.1, 0.15) is 52.4 Å². The number of nitrogens with one attached hydrogen (secondary N) is 1. The Kier molecular flexibility index (Phi) is 9.84. The fraction of sp³-hybridized carbons (Fsp3) is 0.345. The van der Waals surface area contributed by atoms with Gasteiger partial charge < -0.3 is 14.8 Å². The van der Waals surface area contributed by atoms with Gasteiger partial charge in [-0.25, -0.2) is 0 Å². The Balaban J connectivity index is 1.52. The van der Waals surface area contributed by atoms with Crippen LogP contribution in [0.3, 0.4) is 0 Å². The Morgan fingerprint density at radius 1 is 0.788 bits per heavy atom. The predicted molar refractivity (Wildman–Crippen MR) is 136 cm³/mol. The lowest BCUT2D eigenvalue weighted by atomic mass is 10.1. The number of rotatable bonds is 13. The number of carbonyl (C=O) groups is 1. The molecule has 33 heavy (non-hydrogen) atoms. The second kappa shape index (κ2) is 13.3. The lowest BCUT2D eigenvalue weighted by Crippen LogP contribution is -2.32. The first kappa shape index (κ1) is 24.4. The van der Waals surface area contributed by atoms with Crippen molar-refractivity contribution in [3.8, 4) is 22.6 Å². The molecule has 0 saturated heterocycles. The third-order valence-electron chi connectivity index (χ3n) is 5.52. The molecule has 0 radical (unpaired) electrons. The lowest BCUT2D eigenvalue weighted by Gasteiger charge is -2.18. The van der Waals surface area contributed by atoms with Gasteiger partial charge in [-0.2, -0.15) is 0 Å². The standard InChI is InChI=1S/C29H35NO3/c1-3-5-6-7-11-21-32-27-16-12-15-25(22-27)30-29(31)28(4-2)33-26-19-17-24(18-20-26)23-13-9-8-10-14-23/h8-10,12-20,22,28H,3-7,11,21H2,1-2H3,(H,30,31). The van der Waals surface area contributed by atoms with Crippen LogP contribution in [0.2, 0.25) is 0 Å². The Morgan fingerprint density at radius 3 is 2.24 bits per heavy atom. The van der Waals surface area contributed by atoms with Gasteiger partial charge in [-0.1, -0.05) is 88.1 Å². The minimum Gasteiger partial charge on any atom is -0.494 e. The molecule has 0 aliphatic rings. The summed E-state index contributed by atoms with van der Waals surface area (Å²) in [6.45, 7) is 4.85. The first-order valence-electron chi connectivity index (χ1n) is 12.1. The van der Waals surface area contributed by atoms with Gasteiger partial charge in [0.15, 0.2) is 6.10 Å². The molecule has 1 amide bonds. The average molecular weight is 446 g/mol. The molecule has 1 atom stereocenters. The molecule has 0 aliphatic carbocycles. The molecule has 174 valence electrons. The largest absolute Gasteiger partial charge is 0.494 e. The van der Waals surface area contributed by atoms with Crippen molar-refractivity contribution >= 4 is 11.6 Å². The highest BCUT2D eigenvalue weighted by Gasteiger charge is 2.19. The fourth-order valence-electron chi connectivity index (χ4n) is 3.63. The van der Waals surface area contributed by atoms with Crippen molar-refractivity contribution in [2.75, 3.05) is 11.9 Å². The maximum atomic E-state index is 12.8. The second-order valence-electron chi connectivity index (χ2n) is 8.18. The van der Waals surface area contributed by atoms with Gasteiger partial charge >= 0.3 is 0 Å². The molecule has 0 heterocycles. The number of anilines is 1. The fourth-order valence-corrected chi connectivity index (χ4v) is 3.63. The lowest BCUT2D eigenvalue weighted by molar-refractivity contribution is -0.122. The molecule has 0 aromatic heterocycles. The first-order valence-corrected chi connectivity index (χ1v) is 12.1. The molecule has 0 bridgehead atoms. The zero-order chi connectivity index (χ0) is 23.3. The Bertz CT molecular complexity index is 970. The summed E-state index contributed by atoms with van der Waals surface area (Å²) in [4.78, 5) is 12.8. The third kappa shape index (κ3) is 7.98. The van der Waals surface area contributed by atoms with Gasteiger partial charge in [-0.15, -0.1) is 0 Å². The van der Waals surface area contributed by atoms with Crippen LogP contribution in [0.25, 0.3) is 11.1 Å². The summed E-state index contributed by atoms with van der Waals surface area (Å²) in [6.07, 6.45) is 6.00. The molecule has 3 rings (SSSR count). The summed E-state index contributed by atoms with van der Waals surface area (Å²) in [7, 11) is 0. The van der Waals surface area contributed by atoms with Crippen molar-refractivity contribution in [3.63, 3.8) is 0 Å². The van der Waals surface area contributed by atoms with Crippen molar-refractivity contribution in [2.24, 2.45) is 0 Å². The summed E-state index contributed by atoms with van der Waals surface area (Å²) in [5.41, 5.74) is 2.98. The number of carbonyl (C=O) groups excluding carboxylic acids is 1. The maximum Gasteiger partial charge on any atom is 0.265 e. The number of hydrogen-bond acceptors (Lipinski definition) is 3. The topological polar surface area (TPSA) is 47.6 Å². The van der Waals surface area contributed by atoms with Crippen LogP contribution in [0.15, 0.2) is 78.9 Å². The molecule has 3 aromatic rings. The van der Waals surface area contributed by atoms with E-state index in [0.717, 1.165) is 23.3 Å². The van der Waals surface area contributed by atoms with Gasteiger partial charge in [0, 0.05) is 11.8 Å². The Morgan fingerprint density at radius 2 is 1.52 bits per heavy atom. The van der Waals surface area contributed by atoms with Gasteiger partial charge in [-0.3, -0.25) is 4.79 Å². The van der Waals surface area contributed by atoms with Crippen molar-refractivity contribution in [1.82, 2.24) is 0 Å². The highest BCUT2D eigenvalue weighted by molar-refractivity contribution is 5.94. The van der Waals surface area contributed by atoms with E-state index >= 15 is 0 Å². The zero-order valence-electron chi connectivity index (χ0n) is 19.8. The number of unbranched alkanes of at least 4 members (excludes halogenated alkanes) is 4. The minimum atomic E-state index is -0.573. The summed E-state index contributed by atoms with van der Waals surface area (Å²) in [5.74, 6) is 1.28. The molecule has 0 aliphatic heterocycles. The van der Waals surface area contributed by atoms with Crippen LogP contribution in [0, 0.1) is 0 Å². The van der Waals surface area contributed by atoms with E-state index < -0.39 is 6.10 Å². The summed E-state index contributed by atoms with van der Waals surface area (Å²) >= 11 is 0. The highest BCUT2D eigenvalue weighted by Crippen LogP contribution is 2.24. The molecule has 1 unspecified atom stereocenters. The highest BCUT2D eigenvalue weighted by atomic mass is 16.5. The number of amides is 1. The quantitative estimate of drug-likeness (QED) is 0.277. The van der Waals surface area contributed by atoms with E-state index in [2.05, 4.69) is 24.4 Å². The SMILES string of the molecule is CCCCCCCOc1cccc(NC(=O)C(CC)Oc2ccc(-c3ccccc3)cc2)c1. The molecule has 0 fully saturated rings. The van der Waals surface area contributed by atoms with Gasteiger partial charge in [0.25, 0.3) is 5.91 Å². The van der Waals surface area contributed by atoms with Crippen LogP contribution >= 0.6 is 0 Å². The van der Waals surface area contributed by atoms with Gasteiger partial charge in [0.1, 0.15) is 11.5 Å². The second-order valence-corrected chi connectivity index (χ2v) is 8.18. The summed E-state index contributed by atoms with van der Waals surface area (Å²) < 4.78 is 11.8. The van der Waals surface area contributed by atoms with Crippen LogP contribution in [-0.2, 0) is 4.79 Å². The summed E-state index contributed by atoms with van der Waals surface area (Å²) in [6, 6.07) is 25.6. The van der Waals surface area contributed by atoms with E-state index in [4.69, 9.17) is 9.47 Å². The average Bonchev–Trinajstić information content (AvgIpc) is 2.86. The van der Waals surface area contributed by atoms with Crippen LogP contribution in [0.5, 0.6) is 11.5 Å². The normalized spacial score (nSPS) is 11.6. The molecule has 1 N–H and O–H groups in total. The summed E-state index contributed by atoms with van der Waals surface area (Å²) in [5, 5.41) is 2.97. The van der Waals surface area contributed by atoms with Crippen LogP contribution in [0.4, 0.5) is 5.69 Å². The van der Waals surface area contributed by atoms with Crippen molar-refractivity contribution < 1.29 is 14.3 Å². The molecular weight excluding hydrogens is 410 g/mol. The third-order valence-corrected chi connectivity index (χ3v) is 5.52. The maximum absolute atomic E-state index is 12.8. The first-order chi connectivity index (χ1) is 16.2. The van der Waals surface area contributed by atoms with Crippen molar-refractivity contribution in [1.29, 1.82) is 0 Å². The van der Waals surface area contributed by atoms with Crippen molar-refractivity contribution in [2.45, 2.75) is 58.5 Å². The smallest absolute Gasteiger partial charge is 0.265 e. The van der Waals surface area contributed by atoms with E-state index in [1.54, 1.807) is 0 Å².